The molecule has 0 aliphatic carbocycles. The molecule has 3 N–H and O–H groups in total. The minimum atomic E-state index is -3.35. The Morgan fingerprint density at radius 2 is 2.09 bits per heavy atom. The van der Waals surface area contributed by atoms with Gasteiger partial charge in [-0.1, -0.05) is 12.1 Å². The van der Waals surface area contributed by atoms with Crippen molar-refractivity contribution in [2.45, 2.75) is 30.2 Å². The van der Waals surface area contributed by atoms with Crippen molar-refractivity contribution in [1.82, 2.24) is 9.29 Å². The number of hydrogen-bond donors (Lipinski definition) is 3. The highest BCUT2D eigenvalue weighted by atomic mass is 32.2. The maximum atomic E-state index is 13.6. The summed E-state index contributed by atoms with van der Waals surface area (Å²) in [6.07, 6.45) is 3.15. The zero-order valence-corrected chi connectivity index (χ0v) is 19.5. The number of hydrogen-bond acceptors (Lipinski definition) is 5. The second-order valence-corrected chi connectivity index (χ2v) is 9.94. The summed E-state index contributed by atoms with van der Waals surface area (Å²) in [5, 5.41) is 11.7. The number of anilines is 1. The van der Waals surface area contributed by atoms with Gasteiger partial charge in [0.1, 0.15) is 33.2 Å². The van der Waals surface area contributed by atoms with Gasteiger partial charge in [-0.15, -0.1) is 0 Å². The predicted octanol–water partition coefficient (Wildman–Crippen LogP) is 3.76. The van der Waals surface area contributed by atoms with Crippen LogP contribution in [0.4, 0.5) is 10.1 Å². The van der Waals surface area contributed by atoms with Gasteiger partial charge in [0, 0.05) is 30.5 Å². The van der Waals surface area contributed by atoms with Crippen LogP contribution in [0.5, 0.6) is 5.75 Å². The van der Waals surface area contributed by atoms with Gasteiger partial charge in [0.25, 0.3) is 5.91 Å². The summed E-state index contributed by atoms with van der Waals surface area (Å²) in [5.41, 5.74) is 1.94. The topological polar surface area (TPSA) is 120 Å². The third kappa shape index (κ3) is 4.66. The number of carbonyl (C=O) groups is 1. The number of nitrogens with one attached hydrogen (secondary N) is 3. The molecular formula is C24H24FN5O3S. The number of nitriles is 1. The Hall–Kier alpha value is -3.68. The molecule has 0 spiro atoms. The van der Waals surface area contributed by atoms with Crippen molar-refractivity contribution in [2.24, 2.45) is 7.05 Å². The molecule has 0 saturated heterocycles. The average molecular weight is 482 g/mol. The van der Waals surface area contributed by atoms with Crippen molar-refractivity contribution in [3.05, 3.63) is 76.9 Å². The van der Waals surface area contributed by atoms with Crippen molar-refractivity contribution in [3.8, 4) is 11.8 Å². The maximum Gasteiger partial charge on any atom is 0.272 e. The molecule has 1 aromatic heterocycles. The highest BCUT2D eigenvalue weighted by Gasteiger charge is 2.31. The largest absolute Gasteiger partial charge is 0.497 e. The van der Waals surface area contributed by atoms with Crippen molar-refractivity contribution < 1.29 is 18.1 Å². The van der Waals surface area contributed by atoms with E-state index in [1.807, 2.05) is 24.3 Å². The lowest BCUT2D eigenvalue weighted by Crippen LogP contribution is -2.34. The summed E-state index contributed by atoms with van der Waals surface area (Å²) in [4.78, 5) is 13.4. The summed E-state index contributed by atoms with van der Waals surface area (Å²) in [6.45, 7) is 0. The monoisotopic (exact) mass is 481 g/mol. The van der Waals surface area contributed by atoms with E-state index in [-0.39, 0.29) is 27.9 Å². The Balaban J connectivity index is 1.59. The van der Waals surface area contributed by atoms with Crippen molar-refractivity contribution in [2.75, 3.05) is 12.4 Å². The molecule has 10 heteroatoms. The number of methoxy groups -OCH3 is 1. The first kappa shape index (κ1) is 23.5. The van der Waals surface area contributed by atoms with Gasteiger partial charge < -0.3 is 14.6 Å². The van der Waals surface area contributed by atoms with E-state index in [9.17, 15) is 13.4 Å². The van der Waals surface area contributed by atoms with Crippen LogP contribution >= 0.6 is 0 Å². The van der Waals surface area contributed by atoms with Crippen LogP contribution in [0, 0.1) is 21.9 Å². The summed E-state index contributed by atoms with van der Waals surface area (Å²) >= 11 is 0. The van der Waals surface area contributed by atoms with E-state index >= 15 is 0 Å². The lowest BCUT2D eigenvalue weighted by Gasteiger charge is -2.17. The predicted molar refractivity (Wildman–Crippen MR) is 126 cm³/mol. The molecule has 34 heavy (non-hydrogen) atoms. The molecule has 3 aromatic rings. The SMILES string of the molecule is COc1ccc(C[C@H]2CCc3c(cn(C)c3C(=O)Nc3ccc(F)c(C#N)c3)S(=N)(=O)N2)cc1. The molecule has 4 rings (SSSR count). The van der Waals surface area contributed by atoms with Crippen LogP contribution in [0.25, 0.3) is 0 Å². The van der Waals surface area contributed by atoms with Crippen molar-refractivity contribution >= 4 is 21.5 Å². The van der Waals surface area contributed by atoms with Crippen LogP contribution in [0.2, 0.25) is 0 Å². The number of fused-ring (bicyclic) bond motifs is 1. The van der Waals surface area contributed by atoms with Crippen molar-refractivity contribution in [1.29, 1.82) is 10.0 Å². The molecule has 2 atom stereocenters. The number of carbonyl (C=O) groups excluding carboxylic acids is 1. The van der Waals surface area contributed by atoms with Crippen LogP contribution in [0.1, 0.15) is 33.6 Å². The minimum Gasteiger partial charge on any atom is -0.497 e. The quantitative estimate of drug-likeness (QED) is 0.514. The third-order valence-electron chi connectivity index (χ3n) is 5.83. The van der Waals surface area contributed by atoms with Gasteiger partial charge in [-0.3, -0.25) is 4.79 Å². The minimum absolute atomic E-state index is 0.178. The van der Waals surface area contributed by atoms with Gasteiger partial charge in [-0.05, 0) is 55.2 Å². The van der Waals surface area contributed by atoms with Crippen LogP contribution in [0.15, 0.2) is 53.6 Å². The maximum absolute atomic E-state index is 13.6. The molecule has 0 fully saturated rings. The molecule has 1 amide bonds. The zero-order chi connectivity index (χ0) is 24.5. The standard InChI is InChI=1S/C24H24FN5O3S/c1-30-14-22-20(23(30)24(31)28-17-6-10-21(25)16(12-17)13-26)9-5-18(29-34(22,27)32)11-15-3-7-19(33-2)8-4-15/h3-4,6-8,10,12,14,18H,5,9,11H2,1-2H3,(H,28,31)(H2,27,29,32)/t18-,34?/m1/s1. The summed E-state index contributed by atoms with van der Waals surface area (Å²) in [6, 6.07) is 12.8. The number of aryl methyl sites for hydroxylation is 1. The average Bonchev–Trinajstić information content (AvgIpc) is 3.10. The number of benzene rings is 2. The number of nitrogens with zero attached hydrogens (tertiary/aromatic N) is 2. The van der Waals surface area contributed by atoms with Crippen LogP contribution < -0.4 is 14.8 Å². The summed E-state index contributed by atoms with van der Waals surface area (Å²) in [7, 11) is -0.103. The fourth-order valence-corrected chi connectivity index (χ4v) is 5.83. The van der Waals surface area contributed by atoms with Gasteiger partial charge in [0.15, 0.2) is 0 Å². The zero-order valence-electron chi connectivity index (χ0n) is 18.7. The third-order valence-corrected chi connectivity index (χ3v) is 7.47. The Bertz CT molecular complexity index is 1390. The van der Waals surface area contributed by atoms with E-state index in [0.717, 1.165) is 17.4 Å². The molecule has 2 heterocycles. The molecule has 0 bridgehead atoms. The van der Waals surface area contributed by atoms with Crippen molar-refractivity contribution in [3.63, 3.8) is 0 Å². The van der Waals surface area contributed by atoms with Gasteiger partial charge in [0.05, 0.1) is 17.6 Å². The fourth-order valence-electron chi connectivity index (χ4n) is 4.18. The van der Waals surface area contributed by atoms with Gasteiger partial charge in [-0.2, -0.15) is 5.26 Å². The highest BCUT2D eigenvalue weighted by Crippen LogP contribution is 2.29. The highest BCUT2D eigenvalue weighted by molar-refractivity contribution is 7.90. The van der Waals surface area contributed by atoms with Gasteiger partial charge >= 0.3 is 0 Å². The Labute approximate surface area is 197 Å². The molecule has 2 aromatic carbocycles. The number of rotatable bonds is 5. The fraction of sp³-hybridized carbons (Fsp3) is 0.250. The smallest absolute Gasteiger partial charge is 0.272 e. The van der Waals surface area contributed by atoms with E-state index in [1.165, 1.54) is 12.1 Å². The number of ether oxygens (including phenoxy) is 1. The first-order valence-electron chi connectivity index (χ1n) is 10.6. The molecule has 8 nitrogen and oxygen atoms in total. The Morgan fingerprint density at radius 1 is 1.35 bits per heavy atom. The number of halogens is 1. The Kier molecular flexibility index (Phi) is 6.41. The molecule has 0 radical (unpaired) electrons. The molecule has 1 aliphatic heterocycles. The first-order valence-corrected chi connectivity index (χ1v) is 12.2. The van der Waals surface area contributed by atoms with Crippen LogP contribution in [-0.4, -0.2) is 27.8 Å². The second kappa shape index (κ2) is 9.29. The normalized spacial score (nSPS) is 19.5. The lowest BCUT2D eigenvalue weighted by molar-refractivity contribution is 0.101. The Morgan fingerprint density at radius 3 is 2.76 bits per heavy atom. The van der Waals surface area contributed by atoms with Gasteiger partial charge in [0.2, 0.25) is 0 Å². The van der Waals surface area contributed by atoms with E-state index in [0.29, 0.717) is 24.8 Å². The van der Waals surface area contributed by atoms with Crippen LogP contribution in [-0.2, 0) is 29.8 Å². The van der Waals surface area contributed by atoms with Crippen LogP contribution in [0.3, 0.4) is 0 Å². The first-order chi connectivity index (χ1) is 16.2. The van der Waals surface area contributed by atoms with E-state index in [4.69, 9.17) is 14.8 Å². The molecule has 0 saturated carbocycles. The van der Waals surface area contributed by atoms with E-state index in [2.05, 4.69) is 10.0 Å². The molecular weight excluding hydrogens is 457 g/mol. The second-order valence-electron chi connectivity index (χ2n) is 8.15. The lowest BCUT2D eigenvalue weighted by atomic mass is 9.99. The van der Waals surface area contributed by atoms with E-state index < -0.39 is 21.6 Å². The molecule has 176 valence electrons. The summed E-state index contributed by atoms with van der Waals surface area (Å²) in [5.74, 6) is -0.410. The molecule has 1 aliphatic rings. The number of amides is 1. The summed E-state index contributed by atoms with van der Waals surface area (Å²) < 4.78 is 45.2. The van der Waals surface area contributed by atoms with E-state index in [1.54, 1.807) is 31.0 Å². The molecule has 1 unspecified atom stereocenters. The number of aromatic nitrogens is 1. The van der Waals surface area contributed by atoms with Gasteiger partial charge in [-0.25, -0.2) is 18.1 Å².